The first-order chi connectivity index (χ1) is 7.45. The van der Waals surface area contributed by atoms with E-state index < -0.39 is 0 Å². The molecular formula is C12H19NO3. The minimum absolute atomic E-state index is 0.0186. The zero-order valence-corrected chi connectivity index (χ0v) is 10.5. The van der Waals surface area contributed by atoms with Crippen molar-refractivity contribution in [3.8, 4) is 0 Å². The largest absolute Gasteiger partial charge is 0.469 e. The SMILES string of the molecule is CON=CC(C)=CC1C(C(=O)OC)C1(C)C. The van der Waals surface area contributed by atoms with E-state index in [0.717, 1.165) is 5.57 Å². The van der Waals surface area contributed by atoms with Crippen molar-refractivity contribution in [1.29, 1.82) is 0 Å². The molecule has 0 heterocycles. The number of esters is 1. The van der Waals surface area contributed by atoms with Gasteiger partial charge >= 0.3 is 5.97 Å². The van der Waals surface area contributed by atoms with Gasteiger partial charge in [0.05, 0.1) is 19.2 Å². The van der Waals surface area contributed by atoms with Gasteiger partial charge in [-0.1, -0.05) is 25.1 Å². The second-order valence-corrected chi connectivity index (χ2v) is 4.68. The number of methoxy groups -OCH3 is 1. The second kappa shape index (κ2) is 4.68. The summed E-state index contributed by atoms with van der Waals surface area (Å²) in [5.41, 5.74) is 0.973. The summed E-state index contributed by atoms with van der Waals surface area (Å²) in [6.45, 7) is 6.07. The molecule has 0 aromatic carbocycles. The average molecular weight is 225 g/mol. The maximum absolute atomic E-state index is 11.5. The van der Waals surface area contributed by atoms with Gasteiger partial charge < -0.3 is 9.57 Å². The Hall–Kier alpha value is -1.32. The number of ether oxygens (including phenoxy) is 1. The van der Waals surface area contributed by atoms with Crippen molar-refractivity contribution in [2.45, 2.75) is 20.8 Å². The molecule has 2 unspecified atom stereocenters. The number of hydrogen-bond donors (Lipinski definition) is 0. The van der Waals surface area contributed by atoms with Crippen molar-refractivity contribution >= 4 is 12.2 Å². The van der Waals surface area contributed by atoms with Crippen LogP contribution in [0.15, 0.2) is 16.8 Å². The van der Waals surface area contributed by atoms with E-state index in [4.69, 9.17) is 4.74 Å². The Bertz CT molecular complexity index is 331. The van der Waals surface area contributed by atoms with Crippen LogP contribution in [0.5, 0.6) is 0 Å². The Morgan fingerprint density at radius 3 is 2.50 bits per heavy atom. The first kappa shape index (κ1) is 12.7. The number of nitrogens with zero attached hydrogens (tertiary/aromatic N) is 1. The van der Waals surface area contributed by atoms with E-state index in [1.54, 1.807) is 6.21 Å². The summed E-state index contributed by atoms with van der Waals surface area (Å²) >= 11 is 0. The lowest BCUT2D eigenvalue weighted by molar-refractivity contribution is -0.143. The number of carbonyl (C=O) groups is 1. The van der Waals surface area contributed by atoms with E-state index in [1.807, 2.05) is 13.0 Å². The van der Waals surface area contributed by atoms with Crippen molar-refractivity contribution in [3.05, 3.63) is 11.6 Å². The molecule has 0 radical (unpaired) electrons. The first-order valence-electron chi connectivity index (χ1n) is 5.28. The first-order valence-corrected chi connectivity index (χ1v) is 5.28. The van der Waals surface area contributed by atoms with Gasteiger partial charge in [0, 0.05) is 0 Å². The van der Waals surface area contributed by atoms with E-state index in [0.29, 0.717) is 0 Å². The summed E-state index contributed by atoms with van der Waals surface area (Å²) < 4.78 is 4.78. The predicted molar refractivity (Wildman–Crippen MR) is 62.0 cm³/mol. The van der Waals surface area contributed by atoms with Crippen LogP contribution in [0.4, 0.5) is 0 Å². The number of oxime groups is 1. The maximum atomic E-state index is 11.5. The summed E-state index contributed by atoms with van der Waals surface area (Å²) in [5, 5.41) is 3.68. The molecule has 4 heteroatoms. The van der Waals surface area contributed by atoms with Crippen molar-refractivity contribution in [3.63, 3.8) is 0 Å². The van der Waals surface area contributed by atoms with Crippen LogP contribution in [0.3, 0.4) is 0 Å². The topological polar surface area (TPSA) is 47.9 Å². The van der Waals surface area contributed by atoms with Crippen LogP contribution < -0.4 is 0 Å². The van der Waals surface area contributed by atoms with Crippen molar-refractivity contribution in [2.75, 3.05) is 14.2 Å². The monoisotopic (exact) mass is 225 g/mol. The van der Waals surface area contributed by atoms with Crippen molar-refractivity contribution in [1.82, 2.24) is 0 Å². The van der Waals surface area contributed by atoms with E-state index in [9.17, 15) is 4.79 Å². The number of allylic oxidation sites excluding steroid dienone is 2. The lowest BCUT2D eigenvalue weighted by Gasteiger charge is -1.99. The zero-order valence-electron chi connectivity index (χ0n) is 10.5. The molecule has 16 heavy (non-hydrogen) atoms. The highest BCUT2D eigenvalue weighted by atomic mass is 16.6. The summed E-state index contributed by atoms with van der Waals surface area (Å²) in [6, 6.07) is 0. The maximum Gasteiger partial charge on any atom is 0.309 e. The van der Waals surface area contributed by atoms with Crippen LogP contribution >= 0.6 is 0 Å². The second-order valence-electron chi connectivity index (χ2n) is 4.68. The highest BCUT2D eigenvalue weighted by molar-refractivity contribution is 5.80. The third-order valence-corrected chi connectivity index (χ3v) is 3.17. The highest BCUT2D eigenvalue weighted by Crippen LogP contribution is 2.59. The highest BCUT2D eigenvalue weighted by Gasteiger charge is 2.61. The summed E-state index contributed by atoms with van der Waals surface area (Å²) in [4.78, 5) is 16.1. The van der Waals surface area contributed by atoms with Gasteiger partial charge in [-0.05, 0) is 23.8 Å². The molecule has 0 N–H and O–H groups in total. The van der Waals surface area contributed by atoms with Crippen LogP contribution in [0.25, 0.3) is 0 Å². The van der Waals surface area contributed by atoms with Gasteiger partial charge in [0.1, 0.15) is 7.11 Å². The molecule has 0 spiro atoms. The van der Waals surface area contributed by atoms with Crippen LogP contribution in [-0.2, 0) is 14.4 Å². The van der Waals surface area contributed by atoms with Crippen LogP contribution in [-0.4, -0.2) is 26.4 Å². The molecule has 1 aliphatic carbocycles. The fourth-order valence-corrected chi connectivity index (χ4v) is 2.03. The fourth-order valence-electron chi connectivity index (χ4n) is 2.03. The molecule has 90 valence electrons. The standard InChI is InChI=1S/C12H19NO3/c1-8(7-13-16-5)6-9-10(11(14)15-4)12(9,2)3/h6-7,9-10H,1-5H3. The Morgan fingerprint density at radius 1 is 1.38 bits per heavy atom. The predicted octanol–water partition coefficient (Wildman–Crippen LogP) is 2.01. The van der Waals surface area contributed by atoms with E-state index in [-0.39, 0.29) is 23.2 Å². The van der Waals surface area contributed by atoms with Gasteiger partial charge in [0.25, 0.3) is 0 Å². The molecule has 1 rings (SSSR count). The summed E-state index contributed by atoms with van der Waals surface area (Å²) in [5.74, 6) is 0.0504. The third-order valence-electron chi connectivity index (χ3n) is 3.17. The molecule has 0 saturated heterocycles. The molecule has 0 amide bonds. The van der Waals surface area contributed by atoms with E-state index in [2.05, 4.69) is 23.8 Å². The van der Waals surface area contributed by atoms with E-state index in [1.165, 1.54) is 14.2 Å². The molecule has 2 atom stereocenters. The Morgan fingerprint density at radius 2 is 2.00 bits per heavy atom. The van der Waals surface area contributed by atoms with Gasteiger partial charge in [-0.2, -0.15) is 0 Å². The Kier molecular flexibility index (Phi) is 3.73. The Labute approximate surface area is 96.3 Å². The van der Waals surface area contributed by atoms with Crippen LogP contribution in [0.2, 0.25) is 0 Å². The Balaban J connectivity index is 2.70. The summed E-state index contributed by atoms with van der Waals surface area (Å²) in [7, 11) is 2.93. The molecule has 1 fully saturated rings. The molecular weight excluding hydrogens is 206 g/mol. The van der Waals surface area contributed by atoms with Gasteiger partial charge in [0.15, 0.2) is 0 Å². The lowest BCUT2D eigenvalue weighted by atomic mass is 10.1. The minimum Gasteiger partial charge on any atom is -0.469 e. The number of rotatable bonds is 4. The number of carbonyl (C=O) groups excluding carboxylic acids is 1. The van der Waals surface area contributed by atoms with Crippen molar-refractivity contribution < 1.29 is 14.4 Å². The van der Waals surface area contributed by atoms with E-state index >= 15 is 0 Å². The quantitative estimate of drug-likeness (QED) is 0.418. The van der Waals surface area contributed by atoms with Crippen LogP contribution in [0, 0.1) is 17.3 Å². The average Bonchev–Trinajstić information content (AvgIpc) is 2.76. The fraction of sp³-hybridized carbons (Fsp3) is 0.667. The van der Waals surface area contributed by atoms with Gasteiger partial charge in [-0.15, -0.1) is 0 Å². The zero-order chi connectivity index (χ0) is 12.3. The molecule has 1 saturated carbocycles. The third kappa shape index (κ3) is 2.43. The van der Waals surface area contributed by atoms with Gasteiger partial charge in [0.2, 0.25) is 0 Å². The van der Waals surface area contributed by atoms with Crippen LogP contribution in [0.1, 0.15) is 20.8 Å². The normalized spacial score (nSPS) is 27.9. The number of hydrogen-bond acceptors (Lipinski definition) is 4. The molecule has 4 nitrogen and oxygen atoms in total. The molecule has 0 aromatic heterocycles. The molecule has 0 bridgehead atoms. The molecule has 1 aliphatic rings. The smallest absolute Gasteiger partial charge is 0.309 e. The molecule has 0 aromatic rings. The lowest BCUT2D eigenvalue weighted by Crippen LogP contribution is -2.07. The van der Waals surface area contributed by atoms with Crippen molar-refractivity contribution in [2.24, 2.45) is 22.4 Å². The van der Waals surface area contributed by atoms with Gasteiger partial charge in [-0.25, -0.2) is 0 Å². The van der Waals surface area contributed by atoms with Gasteiger partial charge in [-0.3, -0.25) is 4.79 Å². The minimum atomic E-state index is -0.136. The molecule has 0 aliphatic heterocycles. The summed E-state index contributed by atoms with van der Waals surface area (Å²) in [6.07, 6.45) is 3.69.